The number of aromatic nitrogens is 1. The minimum absolute atomic E-state index is 0.243. The van der Waals surface area contributed by atoms with Crippen LogP contribution in [0.1, 0.15) is 13.8 Å². The van der Waals surface area contributed by atoms with Crippen LogP contribution in [-0.2, 0) is 10.0 Å². The minimum atomic E-state index is -3.46. The average Bonchev–Trinajstić information content (AvgIpc) is 2.79. The summed E-state index contributed by atoms with van der Waals surface area (Å²) in [7, 11) is -3.46. The molecule has 0 atom stereocenters. The van der Waals surface area contributed by atoms with Gasteiger partial charge in [-0.15, -0.1) is 0 Å². The van der Waals surface area contributed by atoms with Crippen LogP contribution >= 0.6 is 0 Å². The number of benzene rings is 1. The third-order valence-electron chi connectivity index (χ3n) is 3.22. The van der Waals surface area contributed by atoms with Crippen LogP contribution < -0.4 is 4.74 Å². The quantitative estimate of drug-likeness (QED) is 0.869. The molecule has 0 aliphatic rings. The van der Waals surface area contributed by atoms with Crippen LogP contribution in [0.5, 0.6) is 5.75 Å². The van der Waals surface area contributed by atoms with Crippen LogP contribution in [0.2, 0.25) is 0 Å². The van der Waals surface area contributed by atoms with Gasteiger partial charge in [0.05, 0.1) is 18.0 Å². The Morgan fingerprint density at radius 2 is 1.86 bits per heavy atom. The van der Waals surface area contributed by atoms with E-state index in [0.29, 0.717) is 24.0 Å². The van der Waals surface area contributed by atoms with Crippen LogP contribution in [0, 0.1) is 0 Å². The molecule has 6 nitrogen and oxygen atoms in total. The number of amides is 1. The molecule has 0 N–H and O–H groups in total. The van der Waals surface area contributed by atoms with E-state index in [2.05, 4.69) is 0 Å². The van der Waals surface area contributed by atoms with Gasteiger partial charge in [-0.05, 0) is 26.0 Å². The summed E-state index contributed by atoms with van der Waals surface area (Å²) in [5.74, 6) is 0.243. The van der Waals surface area contributed by atoms with Crippen molar-refractivity contribution in [1.29, 1.82) is 0 Å². The van der Waals surface area contributed by atoms with Gasteiger partial charge < -0.3 is 9.64 Å². The van der Waals surface area contributed by atoms with Crippen molar-refractivity contribution in [2.45, 2.75) is 13.8 Å². The molecule has 1 aromatic heterocycles. The molecule has 0 unspecified atom stereocenters. The number of carbonyl (C=O) groups excluding carboxylic acids is 1. The molecular weight excluding hydrogens is 292 g/mol. The molecular formula is C14H18N2O4S. The van der Waals surface area contributed by atoms with Gasteiger partial charge in [0.25, 0.3) is 0 Å². The minimum Gasteiger partial charge on any atom is -0.408 e. The molecule has 0 radical (unpaired) electrons. The Bertz CT molecular complexity index is 760. The molecule has 21 heavy (non-hydrogen) atoms. The van der Waals surface area contributed by atoms with E-state index >= 15 is 0 Å². The lowest BCUT2D eigenvalue weighted by Gasteiger charge is -2.17. The summed E-state index contributed by atoms with van der Waals surface area (Å²) in [6.07, 6.45) is 1.95. The highest BCUT2D eigenvalue weighted by Gasteiger charge is 2.19. The molecule has 0 fully saturated rings. The summed E-state index contributed by atoms with van der Waals surface area (Å²) >= 11 is 0. The molecule has 1 heterocycles. The molecule has 0 aliphatic carbocycles. The molecule has 0 bridgehead atoms. The monoisotopic (exact) mass is 310 g/mol. The second-order valence-corrected chi connectivity index (χ2v) is 6.47. The summed E-state index contributed by atoms with van der Waals surface area (Å²) in [4.78, 5) is 13.5. The van der Waals surface area contributed by atoms with E-state index in [0.717, 1.165) is 10.2 Å². The van der Waals surface area contributed by atoms with Crippen LogP contribution in [0.25, 0.3) is 10.9 Å². The van der Waals surface area contributed by atoms with Gasteiger partial charge in [-0.25, -0.2) is 17.2 Å². The Kier molecular flexibility index (Phi) is 4.22. The maximum atomic E-state index is 12.0. The van der Waals surface area contributed by atoms with E-state index in [-0.39, 0.29) is 5.75 Å². The lowest BCUT2D eigenvalue weighted by molar-refractivity contribution is 0.158. The summed E-state index contributed by atoms with van der Waals surface area (Å²) in [5.41, 5.74) is 0.488. The fourth-order valence-corrected chi connectivity index (χ4v) is 2.92. The lowest BCUT2D eigenvalue weighted by Crippen LogP contribution is -2.33. The van der Waals surface area contributed by atoms with Crippen molar-refractivity contribution in [2.24, 2.45) is 0 Å². The van der Waals surface area contributed by atoms with Gasteiger partial charge in [-0.1, -0.05) is 12.1 Å². The highest BCUT2D eigenvalue weighted by atomic mass is 32.2. The molecule has 2 rings (SSSR count). The average molecular weight is 310 g/mol. The van der Waals surface area contributed by atoms with Crippen LogP contribution in [-0.4, -0.2) is 42.7 Å². The van der Waals surface area contributed by atoms with Gasteiger partial charge in [0.2, 0.25) is 10.0 Å². The number of para-hydroxylation sites is 1. The molecule has 0 saturated carbocycles. The third-order valence-corrected chi connectivity index (χ3v) is 4.23. The number of hydrogen-bond donors (Lipinski definition) is 0. The smallest absolute Gasteiger partial charge is 0.408 e. The normalized spacial score (nSPS) is 11.6. The van der Waals surface area contributed by atoms with E-state index in [4.69, 9.17) is 4.74 Å². The third kappa shape index (κ3) is 3.02. The molecule has 0 saturated heterocycles. The summed E-state index contributed by atoms with van der Waals surface area (Å²) in [5, 5.41) is 0.587. The number of hydrogen-bond acceptors (Lipinski definition) is 4. The summed E-state index contributed by atoms with van der Waals surface area (Å²) in [6, 6.07) is 6.90. The van der Waals surface area contributed by atoms with Gasteiger partial charge in [-0.3, -0.25) is 0 Å². The Morgan fingerprint density at radius 3 is 2.43 bits per heavy atom. The van der Waals surface area contributed by atoms with Crippen molar-refractivity contribution < 1.29 is 17.9 Å². The Balaban J connectivity index is 2.48. The maximum Gasteiger partial charge on any atom is 0.415 e. The number of fused-ring (bicyclic) bond motifs is 1. The van der Waals surface area contributed by atoms with E-state index in [1.807, 2.05) is 13.8 Å². The Labute approximate surface area is 124 Å². The molecule has 2 aromatic rings. The molecule has 1 amide bonds. The molecule has 0 aliphatic heterocycles. The molecule has 7 heteroatoms. The molecule has 0 spiro atoms. The van der Waals surface area contributed by atoms with E-state index in [1.54, 1.807) is 24.3 Å². The highest BCUT2D eigenvalue weighted by molar-refractivity contribution is 7.89. The van der Waals surface area contributed by atoms with Crippen molar-refractivity contribution >= 4 is 27.0 Å². The zero-order valence-electron chi connectivity index (χ0n) is 12.2. The number of nitrogens with zero attached hydrogens (tertiary/aromatic N) is 2. The first kappa shape index (κ1) is 15.4. The second-order valence-electron chi connectivity index (χ2n) is 4.61. The highest BCUT2D eigenvalue weighted by Crippen LogP contribution is 2.29. The van der Waals surface area contributed by atoms with Crippen molar-refractivity contribution in [3.63, 3.8) is 0 Å². The largest absolute Gasteiger partial charge is 0.415 e. The number of ether oxygens (including phenoxy) is 1. The maximum absolute atomic E-state index is 12.0. The first-order valence-electron chi connectivity index (χ1n) is 6.65. The lowest BCUT2D eigenvalue weighted by atomic mass is 10.2. The fraction of sp³-hybridized carbons (Fsp3) is 0.357. The topological polar surface area (TPSA) is 68.6 Å². The molecule has 1 aromatic carbocycles. The van der Waals surface area contributed by atoms with Gasteiger partial charge in [0.15, 0.2) is 5.75 Å². The van der Waals surface area contributed by atoms with E-state index < -0.39 is 16.1 Å². The van der Waals surface area contributed by atoms with Gasteiger partial charge >= 0.3 is 6.09 Å². The van der Waals surface area contributed by atoms with Crippen LogP contribution in [0.15, 0.2) is 30.5 Å². The first-order valence-corrected chi connectivity index (χ1v) is 8.50. The van der Waals surface area contributed by atoms with Crippen molar-refractivity contribution in [3.05, 3.63) is 30.5 Å². The Morgan fingerprint density at radius 1 is 1.24 bits per heavy atom. The zero-order valence-corrected chi connectivity index (χ0v) is 13.1. The SMILES string of the molecule is CCN(CC)C(=O)Oc1cn(S(C)(=O)=O)c2ccccc12. The zero-order chi connectivity index (χ0) is 15.6. The van der Waals surface area contributed by atoms with Crippen molar-refractivity contribution in [2.75, 3.05) is 19.3 Å². The number of rotatable bonds is 4. The standard InChI is InChI=1S/C14H18N2O4S/c1-4-15(5-2)14(17)20-13-10-16(21(3,18)19)12-9-7-6-8-11(12)13/h6-10H,4-5H2,1-3H3. The summed E-state index contributed by atoms with van der Waals surface area (Å²) in [6.45, 7) is 4.76. The van der Waals surface area contributed by atoms with Crippen molar-refractivity contribution in [3.8, 4) is 5.75 Å². The molecule has 114 valence electrons. The van der Waals surface area contributed by atoms with Gasteiger partial charge in [-0.2, -0.15) is 0 Å². The predicted molar refractivity (Wildman–Crippen MR) is 81.1 cm³/mol. The van der Waals surface area contributed by atoms with Gasteiger partial charge in [0, 0.05) is 18.5 Å². The van der Waals surface area contributed by atoms with E-state index in [9.17, 15) is 13.2 Å². The van der Waals surface area contributed by atoms with Crippen LogP contribution in [0.3, 0.4) is 0 Å². The first-order chi connectivity index (χ1) is 9.88. The van der Waals surface area contributed by atoms with Crippen LogP contribution in [0.4, 0.5) is 4.79 Å². The van der Waals surface area contributed by atoms with E-state index in [1.165, 1.54) is 11.1 Å². The number of carbonyl (C=O) groups is 1. The van der Waals surface area contributed by atoms with Crippen molar-refractivity contribution in [1.82, 2.24) is 8.87 Å². The van der Waals surface area contributed by atoms with Gasteiger partial charge in [0.1, 0.15) is 0 Å². The second kappa shape index (κ2) is 5.77. The Hall–Kier alpha value is -2.02. The summed E-state index contributed by atoms with van der Waals surface area (Å²) < 4.78 is 30.1. The predicted octanol–water partition coefficient (Wildman–Crippen LogP) is 2.29. The fourth-order valence-electron chi connectivity index (χ4n) is 2.12.